The van der Waals surface area contributed by atoms with Crippen molar-refractivity contribution in [1.29, 1.82) is 0 Å². The summed E-state index contributed by atoms with van der Waals surface area (Å²) in [4.78, 5) is 83.1. The third-order valence-electron chi connectivity index (χ3n) is 5.62. The molecule has 0 heterocycles. The van der Waals surface area contributed by atoms with Crippen LogP contribution in [0, 0.1) is 0 Å². The molecule has 4 atom stereocenters. The molecule has 0 aliphatic rings. The van der Waals surface area contributed by atoms with Gasteiger partial charge in [0, 0.05) is 13.5 Å². The van der Waals surface area contributed by atoms with Gasteiger partial charge >= 0.3 is 12.1 Å². The Hall–Kier alpha value is -4.69. The summed E-state index contributed by atoms with van der Waals surface area (Å²) in [5.74, 6) is -5.13. The minimum absolute atomic E-state index is 0.130. The van der Waals surface area contributed by atoms with Crippen molar-refractivity contribution in [3.8, 4) is 0 Å². The lowest BCUT2D eigenvalue weighted by Crippen LogP contribution is -2.56. The maximum atomic E-state index is 12.7. The minimum Gasteiger partial charge on any atom is -0.480 e. The van der Waals surface area contributed by atoms with Crippen LogP contribution >= 0.6 is 0 Å². The van der Waals surface area contributed by atoms with Crippen molar-refractivity contribution in [2.75, 3.05) is 6.54 Å². The number of carboxylic acids is 1. The van der Waals surface area contributed by atoms with Gasteiger partial charge in [0.1, 0.15) is 30.8 Å². The Morgan fingerprint density at radius 2 is 1.41 bits per heavy atom. The zero-order chi connectivity index (χ0) is 30.9. The number of hydrogen-bond donors (Lipinski definition) is 7. The van der Waals surface area contributed by atoms with Gasteiger partial charge in [-0.15, -0.1) is 0 Å². The highest BCUT2D eigenvalue weighted by Gasteiger charge is 2.28. The van der Waals surface area contributed by atoms with Gasteiger partial charge in [0.25, 0.3) is 0 Å². The molecule has 0 aliphatic carbocycles. The summed E-state index contributed by atoms with van der Waals surface area (Å²) < 4.78 is 5.12. The Labute approximate surface area is 237 Å². The summed E-state index contributed by atoms with van der Waals surface area (Å²) in [5.41, 5.74) is 5.83. The number of primary amides is 1. The van der Waals surface area contributed by atoms with E-state index >= 15 is 0 Å². The number of unbranched alkanes of at least 4 members (excludes halogenated alkanes) is 1. The van der Waals surface area contributed by atoms with Crippen LogP contribution in [0.2, 0.25) is 0 Å². The number of alkyl carbamates (subject to hydrolysis) is 1. The normalized spacial score (nSPS) is 13.3. The number of nitrogens with one attached hydrogen (secondary N) is 5. The van der Waals surface area contributed by atoms with E-state index < -0.39 is 72.2 Å². The highest BCUT2D eigenvalue weighted by molar-refractivity contribution is 5.95. The summed E-state index contributed by atoms with van der Waals surface area (Å²) in [7, 11) is 0. The van der Waals surface area contributed by atoms with Crippen molar-refractivity contribution in [2.45, 2.75) is 77.2 Å². The number of carbonyl (C=O) groups is 7. The van der Waals surface area contributed by atoms with Crippen LogP contribution in [0.4, 0.5) is 4.79 Å². The molecule has 15 nitrogen and oxygen atoms in total. The van der Waals surface area contributed by atoms with E-state index in [4.69, 9.17) is 15.6 Å². The predicted molar refractivity (Wildman–Crippen MR) is 145 cm³/mol. The number of amides is 6. The Kier molecular flexibility index (Phi) is 14.9. The molecule has 41 heavy (non-hydrogen) atoms. The van der Waals surface area contributed by atoms with E-state index in [1.807, 2.05) is 30.3 Å². The molecular weight excluding hydrogens is 540 g/mol. The lowest BCUT2D eigenvalue weighted by Gasteiger charge is -2.22. The average Bonchev–Trinajstić information content (AvgIpc) is 2.90. The van der Waals surface area contributed by atoms with Crippen LogP contribution in [0.1, 0.15) is 52.0 Å². The Morgan fingerprint density at radius 3 is 1.98 bits per heavy atom. The van der Waals surface area contributed by atoms with Crippen molar-refractivity contribution >= 4 is 41.6 Å². The molecule has 1 aromatic rings. The monoisotopic (exact) mass is 578 g/mol. The molecule has 0 bridgehead atoms. The lowest BCUT2D eigenvalue weighted by molar-refractivity contribution is -0.143. The zero-order valence-corrected chi connectivity index (χ0v) is 23.2. The molecule has 0 saturated heterocycles. The summed E-state index contributed by atoms with van der Waals surface area (Å²) >= 11 is 0. The molecule has 0 aliphatic heterocycles. The van der Waals surface area contributed by atoms with Gasteiger partial charge in [-0.2, -0.15) is 0 Å². The highest BCUT2D eigenvalue weighted by atomic mass is 16.5. The first-order valence-electron chi connectivity index (χ1n) is 12.9. The fourth-order valence-electron chi connectivity index (χ4n) is 3.43. The fraction of sp³-hybridized carbons (Fsp3) is 0.500. The van der Waals surface area contributed by atoms with Gasteiger partial charge in [-0.05, 0) is 38.7 Å². The third kappa shape index (κ3) is 14.3. The van der Waals surface area contributed by atoms with E-state index in [9.17, 15) is 33.6 Å². The molecule has 0 aromatic heterocycles. The minimum atomic E-state index is -1.56. The first-order valence-corrected chi connectivity index (χ1v) is 12.9. The molecule has 8 N–H and O–H groups in total. The number of nitrogens with two attached hydrogens (primary N) is 1. The third-order valence-corrected chi connectivity index (χ3v) is 5.62. The number of rotatable bonds is 17. The Balaban J connectivity index is 2.49. The first-order chi connectivity index (χ1) is 19.3. The molecular formula is C26H38N6O9. The number of carboxylic acid groups (broad SMARTS) is 1. The zero-order valence-electron chi connectivity index (χ0n) is 23.2. The van der Waals surface area contributed by atoms with Gasteiger partial charge in [-0.3, -0.25) is 24.0 Å². The standard InChI is InChI=1S/C26H38N6O9/c1-15(22(35)29-16(2)23(36)32-20(25(38)39)13-21(27)34)30-24(37)19(31-17(3)33)11-7-8-12-28-26(40)41-14-18-9-5-4-6-10-18/h4-6,9-10,15-16,19-20H,7-8,11-14H2,1-3H3,(H2,27,34)(H,28,40)(H,29,35)(H,30,37)(H,31,33)(H,32,36)(H,38,39)/t15-,16-,19-,20-/m0/s1. The molecule has 6 amide bonds. The topological polar surface area (TPSA) is 235 Å². The molecule has 226 valence electrons. The van der Waals surface area contributed by atoms with E-state index in [1.54, 1.807) is 0 Å². The van der Waals surface area contributed by atoms with Crippen LogP contribution in [0.25, 0.3) is 0 Å². The first kappa shape index (κ1) is 34.3. The highest BCUT2D eigenvalue weighted by Crippen LogP contribution is 2.04. The number of ether oxygens (including phenoxy) is 1. The smallest absolute Gasteiger partial charge is 0.407 e. The lowest BCUT2D eigenvalue weighted by atomic mass is 10.1. The fourth-order valence-corrected chi connectivity index (χ4v) is 3.43. The maximum absolute atomic E-state index is 12.7. The van der Waals surface area contributed by atoms with E-state index in [0.717, 1.165) is 5.56 Å². The van der Waals surface area contributed by atoms with Crippen LogP contribution in [-0.2, 0) is 40.1 Å². The van der Waals surface area contributed by atoms with Crippen molar-refractivity contribution < 1.29 is 43.4 Å². The van der Waals surface area contributed by atoms with Gasteiger partial charge in [0.15, 0.2) is 0 Å². The predicted octanol–water partition coefficient (Wildman–Crippen LogP) is -0.958. The molecule has 0 fully saturated rings. The average molecular weight is 579 g/mol. The largest absolute Gasteiger partial charge is 0.480 e. The van der Waals surface area contributed by atoms with Gasteiger partial charge < -0.3 is 42.2 Å². The second-order valence-corrected chi connectivity index (χ2v) is 9.27. The Morgan fingerprint density at radius 1 is 0.829 bits per heavy atom. The Bertz CT molecular complexity index is 1080. The molecule has 0 spiro atoms. The molecule has 0 unspecified atom stereocenters. The van der Waals surface area contributed by atoms with Crippen molar-refractivity contribution in [3.05, 3.63) is 35.9 Å². The van der Waals surface area contributed by atoms with Gasteiger partial charge in [-0.1, -0.05) is 30.3 Å². The SMILES string of the molecule is CC(=O)N[C@@H](CCCCNC(=O)OCc1ccccc1)C(=O)N[C@@H](C)C(=O)N[C@@H](C)C(=O)N[C@@H](CC(N)=O)C(=O)O. The molecule has 0 saturated carbocycles. The van der Waals surface area contributed by atoms with Gasteiger partial charge in [0.05, 0.1) is 6.42 Å². The van der Waals surface area contributed by atoms with Crippen molar-refractivity contribution in [1.82, 2.24) is 26.6 Å². The van der Waals surface area contributed by atoms with E-state index in [2.05, 4.69) is 26.6 Å². The van der Waals surface area contributed by atoms with Crippen LogP contribution in [-0.4, -0.2) is 77.4 Å². The summed E-state index contributed by atoms with van der Waals surface area (Å²) in [6.45, 7) is 4.30. The summed E-state index contributed by atoms with van der Waals surface area (Å²) in [6, 6.07) is 4.33. The van der Waals surface area contributed by atoms with Crippen LogP contribution in [0.3, 0.4) is 0 Å². The second-order valence-electron chi connectivity index (χ2n) is 9.27. The molecule has 1 aromatic carbocycles. The van der Waals surface area contributed by atoms with Gasteiger partial charge in [-0.25, -0.2) is 9.59 Å². The maximum Gasteiger partial charge on any atom is 0.407 e. The molecule has 1 rings (SSSR count). The van der Waals surface area contributed by atoms with E-state index in [0.29, 0.717) is 12.8 Å². The van der Waals surface area contributed by atoms with Crippen LogP contribution < -0.4 is 32.3 Å². The summed E-state index contributed by atoms with van der Waals surface area (Å²) in [5, 5.41) is 21.1. The van der Waals surface area contributed by atoms with Crippen molar-refractivity contribution in [2.24, 2.45) is 5.73 Å². The summed E-state index contributed by atoms with van der Waals surface area (Å²) in [6.07, 6.45) is -0.0627. The second kappa shape index (κ2) is 17.8. The number of benzene rings is 1. The molecule has 15 heteroatoms. The van der Waals surface area contributed by atoms with Crippen molar-refractivity contribution in [3.63, 3.8) is 0 Å². The van der Waals surface area contributed by atoms with Crippen LogP contribution in [0.5, 0.6) is 0 Å². The van der Waals surface area contributed by atoms with E-state index in [-0.39, 0.29) is 19.6 Å². The molecule has 0 radical (unpaired) electrons. The van der Waals surface area contributed by atoms with Crippen LogP contribution in [0.15, 0.2) is 30.3 Å². The number of carbonyl (C=O) groups excluding carboxylic acids is 6. The number of hydrogen-bond acceptors (Lipinski definition) is 8. The van der Waals surface area contributed by atoms with Gasteiger partial charge in [0.2, 0.25) is 29.5 Å². The van der Waals surface area contributed by atoms with E-state index in [1.165, 1.54) is 20.8 Å². The number of aliphatic carboxylic acids is 1. The quantitative estimate of drug-likeness (QED) is 0.113.